The molecule has 0 unspecified atom stereocenters. The first-order chi connectivity index (χ1) is 9.72. The number of hydrogen-bond acceptors (Lipinski definition) is 3. The second kappa shape index (κ2) is 6.89. The van der Waals surface area contributed by atoms with Crippen molar-refractivity contribution in [2.45, 2.75) is 33.1 Å². The van der Waals surface area contributed by atoms with Gasteiger partial charge in [0.15, 0.2) is 0 Å². The maximum Gasteiger partial charge on any atom is 0.251 e. The minimum atomic E-state index is -0.113. The number of ether oxygens (including phenoxy) is 1. The molecule has 20 heavy (non-hydrogen) atoms. The predicted octanol–water partition coefficient (Wildman–Crippen LogP) is 3.18. The van der Waals surface area contributed by atoms with E-state index < -0.39 is 0 Å². The molecular formula is C16H20N2O2. The van der Waals surface area contributed by atoms with Crippen LogP contribution in [0.25, 0.3) is 11.4 Å². The number of rotatable bonds is 6. The van der Waals surface area contributed by atoms with Crippen LogP contribution in [0, 0.1) is 0 Å². The topological polar surface area (TPSA) is 55.0 Å². The Bertz CT molecular complexity index is 620. The largest absolute Gasteiger partial charge is 0.494 e. The van der Waals surface area contributed by atoms with Crippen molar-refractivity contribution in [3.63, 3.8) is 0 Å². The van der Waals surface area contributed by atoms with Gasteiger partial charge in [-0.1, -0.05) is 32.4 Å². The molecule has 4 heteroatoms. The maximum absolute atomic E-state index is 11.7. The van der Waals surface area contributed by atoms with E-state index in [-0.39, 0.29) is 5.56 Å². The fourth-order valence-electron chi connectivity index (χ4n) is 1.98. The van der Waals surface area contributed by atoms with Crippen LogP contribution in [0.2, 0.25) is 0 Å². The lowest BCUT2D eigenvalue weighted by atomic mass is 10.2. The van der Waals surface area contributed by atoms with Crippen molar-refractivity contribution in [2.75, 3.05) is 6.61 Å². The van der Waals surface area contributed by atoms with E-state index >= 15 is 0 Å². The number of benzene rings is 1. The molecule has 1 aromatic heterocycles. The normalized spacial score (nSPS) is 10.5. The lowest BCUT2D eigenvalue weighted by Crippen LogP contribution is -2.10. The van der Waals surface area contributed by atoms with E-state index in [1.807, 2.05) is 24.3 Å². The lowest BCUT2D eigenvalue weighted by Gasteiger charge is -2.07. The third-order valence-corrected chi connectivity index (χ3v) is 2.88. The summed E-state index contributed by atoms with van der Waals surface area (Å²) in [6.07, 6.45) is 2.74. The SMILES string of the molecule is CCCOc1cccc(-c2nc(CCC)cc(=O)[nH]2)c1. The Morgan fingerprint density at radius 3 is 2.80 bits per heavy atom. The summed E-state index contributed by atoms with van der Waals surface area (Å²) in [4.78, 5) is 19.0. The second-order valence-electron chi connectivity index (χ2n) is 4.71. The van der Waals surface area contributed by atoms with Crippen LogP contribution in [0.15, 0.2) is 35.1 Å². The number of H-pyrrole nitrogens is 1. The fourth-order valence-corrected chi connectivity index (χ4v) is 1.98. The molecule has 1 aromatic carbocycles. The minimum Gasteiger partial charge on any atom is -0.494 e. The summed E-state index contributed by atoms with van der Waals surface area (Å²) in [5.74, 6) is 1.40. The standard InChI is InChI=1S/C16H20N2O2/c1-3-6-13-11-15(19)18-16(17-13)12-7-5-8-14(10-12)20-9-4-2/h5,7-8,10-11H,3-4,6,9H2,1-2H3,(H,17,18,19). The molecule has 4 nitrogen and oxygen atoms in total. The highest BCUT2D eigenvalue weighted by Crippen LogP contribution is 2.20. The summed E-state index contributed by atoms with van der Waals surface area (Å²) in [6.45, 7) is 4.82. The molecule has 0 saturated heterocycles. The predicted molar refractivity (Wildman–Crippen MR) is 80.1 cm³/mol. The summed E-state index contributed by atoms with van der Waals surface area (Å²) in [5.41, 5.74) is 1.58. The van der Waals surface area contributed by atoms with E-state index in [1.165, 1.54) is 0 Å². The van der Waals surface area contributed by atoms with Gasteiger partial charge in [0.25, 0.3) is 5.56 Å². The molecule has 1 N–H and O–H groups in total. The molecule has 2 aromatic rings. The summed E-state index contributed by atoms with van der Waals surface area (Å²) in [6, 6.07) is 9.21. The van der Waals surface area contributed by atoms with Gasteiger partial charge < -0.3 is 9.72 Å². The first kappa shape index (κ1) is 14.3. The van der Waals surface area contributed by atoms with Gasteiger partial charge in [-0.3, -0.25) is 4.79 Å². The molecule has 0 aliphatic carbocycles. The van der Waals surface area contributed by atoms with E-state index in [2.05, 4.69) is 23.8 Å². The number of nitrogens with one attached hydrogen (secondary N) is 1. The molecule has 0 fully saturated rings. The van der Waals surface area contributed by atoms with E-state index in [4.69, 9.17) is 4.74 Å². The first-order valence-electron chi connectivity index (χ1n) is 7.06. The molecule has 0 aliphatic heterocycles. The molecule has 1 heterocycles. The number of hydrogen-bond donors (Lipinski definition) is 1. The van der Waals surface area contributed by atoms with Crippen molar-refractivity contribution < 1.29 is 4.74 Å². The van der Waals surface area contributed by atoms with Crippen molar-refractivity contribution in [3.05, 3.63) is 46.4 Å². The van der Waals surface area contributed by atoms with Gasteiger partial charge in [0.05, 0.1) is 6.61 Å². The van der Waals surface area contributed by atoms with Gasteiger partial charge in [0, 0.05) is 17.3 Å². The van der Waals surface area contributed by atoms with Crippen LogP contribution in [0.4, 0.5) is 0 Å². The van der Waals surface area contributed by atoms with E-state index in [1.54, 1.807) is 6.07 Å². The molecule has 0 bridgehead atoms. The van der Waals surface area contributed by atoms with Crippen molar-refractivity contribution in [2.24, 2.45) is 0 Å². The Morgan fingerprint density at radius 2 is 2.05 bits per heavy atom. The van der Waals surface area contributed by atoms with Crippen molar-refractivity contribution in [3.8, 4) is 17.1 Å². The van der Waals surface area contributed by atoms with Crippen molar-refractivity contribution in [1.82, 2.24) is 9.97 Å². The highest BCUT2D eigenvalue weighted by molar-refractivity contribution is 5.57. The summed E-state index contributed by atoms with van der Waals surface area (Å²) in [5, 5.41) is 0. The molecule has 0 radical (unpaired) electrons. The van der Waals surface area contributed by atoms with Gasteiger partial charge >= 0.3 is 0 Å². The highest BCUT2D eigenvalue weighted by Gasteiger charge is 2.05. The van der Waals surface area contributed by atoms with Crippen LogP contribution < -0.4 is 10.3 Å². The van der Waals surface area contributed by atoms with Gasteiger partial charge in [-0.05, 0) is 25.0 Å². The molecule has 106 valence electrons. The van der Waals surface area contributed by atoms with E-state index in [0.29, 0.717) is 12.4 Å². The maximum atomic E-state index is 11.7. The quantitative estimate of drug-likeness (QED) is 0.878. The molecule has 0 aliphatic rings. The van der Waals surface area contributed by atoms with Gasteiger partial charge in [0.2, 0.25) is 0 Å². The Hall–Kier alpha value is -2.10. The Balaban J connectivity index is 2.33. The second-order valence-corrected chi connectivity index (χ2v) is 4.71. The average molecular weight is 272 g/mol. The third-order valence-electron chi connectivity index (χ3n) is 2.88. The smallest absolute Gasteiger partial charge is 0.251 e. The first-order valence-corrected chi connectivity index (χ1v) is 7.06. The van der Waals surface area contributed by atoms with Crippen LogP contribution in [-0.2, 0) is 6.42 Å². The van der Waals surface area contributed by atoms with E-state index in [0.717, 1.165) is 36.3 Å². The summed E-state index contributed by atoms with van der Waals surface area (Å²) >= 11 is 0. The lowest BCUT2D eigenvalue weighted by molar-refractivity contribution is 0.317. The molecule has 0 atom stereocenters. The summed E-state index contributed by atoms with van der Waals surface area (Å²) < 4.78 is 5.61. The van der Waals surface area contributed by atoms with Crippen molar-refractivity contribution in [1.29, 1.82) is 0 Å². The Kier molecular flexibility index (Phi) is 4.93. The number of nitrogens with zero attached hydrogens (tertiary/aromatic N) is 1. The number of aromatic nitrogens is 2. The molecule has 2 rings (SSSR count). The van der Waals surface area contributed by atoms with E-state index in [9.17, 15) is 4.79 Å². The molecular weight excluding hydrogens is 252 g/mol. The minimum absolute atomic E-state index is 0.113. The monoisotopic (exact) mass is 272 g/mol. The van der Waals surface area contributed by atoms with Crippen molar-refractivity contribution >= 4 is 0 Å². The molecule has 0 saturated carbocycles. The van der Waals surface area contributed by atoms with Crippen LogP contribution in [-0.4, -0.2) is 16.6 Å². The van der Waals surface area contributed by atoms with Crippen LogP contribution in [0.5, 0.6) is 5.75 Å². The summed E-state index contributed by atoms with van der Waals surface area (Å²) in [7, 11) is 0. The Labute approximate surface area is 118 Å². The molecule has 0 amide bonds. The van der Waals surface area contributed by atoms with Gasteiger partial charge in [0.1, 0.15) is 11.6 Å². The number of aryl methyl sites for hydroxylation is 1. The zero-order valence-corrected chi connectivity index (χ0v) is 12.0. The van der Waals surface area contributed by atoms with Crippen LogP contribution in [0.1, 0.15) is 32.4 Å². The fraction of sp³-hybridized carbons (Fsp3) is 0.375. The van der Waals surface area contributed by atoms with Gasteiger partial charge in [-0.2, -0.15) is 0 Å². The van der Waals surface area contributed by atoms with Gasteiger partial charge in [-0.25, -0.2) is 4.98 Å². The van der Waals surface area contributed by atoms with Crippen LogP contribution in [0.3, 0.4) is 0 Å². The highest BCUT2D eigenvalue weighted by atomic mass is 16.5. The van der Waals surface area contributed by atoms with Gasteiger partial charge in [-0.15, -0.1) is 0 Å². The third kappa shape index (κ3) is 3.70. The average Bonchev–Trinajstić information content (AvgIpc) is 2.45. The Morgan fingerprint density at radius 1 is 1.20 bits per heavy atom. The molecule has 0 spiro atoms. The number of aromatic amines is 1. The zero-order chi connectivity index (χ0) is 14.4. The zero-order valence-electron chi connectivity index (χ0n) is 12.0. The van der Waals surface area contributed by atoms with Crippen LogP contribution >= 0.6 is 0 Å².